The first-order valence-corrected chi connectivity index (χ1v) is 6.48. The Morgan fingerprint density at radius 3 is 2.71 bits per heavy atom. The molecule has 1 aliphatic heterocycles. The van der Waals surface area contributed by atoms with Gasteiger partial charge in [-0.1, -0.05) is 20.8 Å². The Hall–Kier alpha value is -0.610. The number of hydrogen-bond acceptors (Lipinski definition) is 3. The highest BCUT2D eigenvalue weighted by molar-refractivity contribution is 5.77. The summed E-state index contributed by atoms with van der Waals surface area (Å²) in [6.07, 6.45) is 2.41. The second-order valence-corrected chi connectivity index (χ2v) is 6.21. The van der Waals surface area contributed by atoms with E-state index in [-0.39, 0.29) is 29.9 Å². The van der Waals surface area contributed by atoms with Crippen molar-refractivity contribution in [2.45, 2.75) is 46.1 Å². The lowest BCUT2D eigenvalue weighted by Crippen LogP contribution is -2.45. The van der Waals surface area contributed by atoms with Crippen LogP contribution < -0.4 is 5.73 Å². The number of carbonyl (C=O) groups excluding carboxylic acids is 1. The van der Waals surface area contributed by atoms with Gasteiger partial charge in [-0.05, 0) is 24.2 Å². The second kappa shape index (κ2) is 5.83. The van der Waals surface area contributed by atoms with E-state index in [4.69, 9.17) is 10.8 Å². The predicted molar refractivity (Wildman–Crippen MR) is 68.4 cm³/mol. The van der Waals surface area contributed by atoms with Crippen LogP contribution in [-0.2, 0) is 4.79 Å². The largest absolute Gasteiger partial charge is 0.396 e. The number of nitrogens with zero attached hydrogens (tertiary/aromatic N) is 1. The number of nitrogens with two attached hydrogens (primary N) is 1. The van der Waals surface area contributed by atoms with Crippen LogP contribution in [0, 0.1) is 11.3 Å². The number of carbonyl (C=O) groups is 1. The Labute approximate surface area is 104 Å². The molecular formula is C13H26N2O2. The smallest absolute Gasteiger partial charge is 0.224 e. The molecule has 0 aromatic rings. The van der Waals surface area contributed by atoms with Crippen LogP contribution in [0.15, 0.2) is 0 Å². The van der Waals surface area contributed by atoms with Crippen LogP contribution >= 0.6 is 0 Å². The molecule has 0 radical (unpaired) electrons. The van der Waals surface area contributed by atoms with Crippen molar-refractivity contribution in [2.24, 2.45) is 17.1 Å². The SMILES string of the molecule is CC(C)(C)C(N)CC(=O)N1CCCC(CO)C1. The van der Waals surface area contributed by atoms with Crippen LogP contribution in [-0.4, -0.2) is 41.7 Å². The molecule has 1 fully saturated rings. The van der Waals surface area contributed by atoms with Gasteiger partial charge in [-0.15, -0.1) is 0 Å². The maximum absolute atomic E-state index is 12.1. The average molecular weight is 242 g/mol. The van der Waals surface area contributed by atoms with E-state index >= 15 is 0 Å². The van der Waals surface area contributed by atoms with Gasteiger partial charge in [-0.3, -0.25) is 4.79 Å². The Morgan fingerprint density at radius 1 is 1.53 bits per heavy atom. The van der Waals surface area contributed by atoms with E-state index in [1.807, 2.05) is 4.90 Å². The molecule has 0 spiro atoms. The van der Waals surface area contributed by atoms with Gasteiger partial charge in [0, 0.05) is 32.2 Å². The molecule has 1 amide bonds. The summed E-state index contributed by atoms with van der Waals surface area (Å²) >= 11 is 0. The zero-order valence-electron chi connectivity index (χ0n) is 11.3. The van der Waals surface area contributed by atoms with E-state index in [0.29, 0.717) is 13.0 Å². The van der Waals surface area contributed by atoms with Gasteiger partial charge in [-0.2, -0.15) is 0 Å². The molecule has 1 rings (SSSR count). The lowest BCUT2D eigenvalue weighted by atomic mass is 9.85. The first kappa shape index (κ1) is 14.5. The van der Waals surface area contributed by atoms with Crippen molar-refractivity contribution >= 4 is 5.91 Å². The standard InChI is InChI=1S/C13H26N2O2/c1-13(2,3)11(14)7-12(17)15-6-4-5-10(8-15)9-16/h10-11,16H,4-9,14H2,1-3H3. The Morgan fingerprint density at radius 2 is 2.18 bits per heavy atom. The molecule has 1 heterocycles. The van der Waals surface area contributed by atoms with Crippen LogP contribution in [0.1, 0.15) is 40.0 Å². The maximum Gasteiger partial charge on any atom is 0.224 e. The van der Waals surface area contributed by atoms with Crippen LogP contribution in [0.5, 0.6) is 0 Å². The molecule has 100 valence electrons. The molecule has 2 unspecified atom stereocenters. The lowest BCUT2D eigenvalue weighted by molar-refractivity contribution is -0.134. The highest BCUT2D eigenvalue weighted by Crippen LogP contribution is 2.22. The fraction of sp³-hybridized carbons (Fsp3) is 0.923. The normalized spacial score (nSPS) is 23.6. The van der Waals surface area contributed by atoms with Gasteiger partial charge in [0.2, 0.25) is 5.91 Å². The molecule has 0 aromatic carbocycles. The summed E-state index contributed by atoms with van der Waals surface area (Å²) in [5.41, 5.74) is 5.99. The fourth-order valence-corrected chi connectivity index (χ4v) is 2.06. The third-order valence-corrected chi connectivity index (χ3v) is 3.64. The van der Waals surface area contributed by atoms with E-state index < -0.39 is 0 Å². The number of piperidine rings is 1. The summed E-state index contributed by atoms with van der Waals surface area (Å²) in [7, 11) is 0. The highest BCUT2D eigenvalue weighted by Gasteiger charge is 2.28. The summed E-state index contributed by atoms with van der Waals surface area (Å²) in [5.74, 6) is 0.379. The minimum Gasteiger partial charge on any atom is -0.396 e. The van der Waals surface area contributed by atoms with Crippen molar-refractivity contribution in [1.29, 1.82) is 0 Å². The topological polar surface area (TPSA) is 66.6 Å². The highest BCUT2D eigenvalue weighted by atomic mass is 16.3. The molecule has 0 aliphatic carbocycles. The number of rotatable bonds is 3. The summed E-state index contributed by atoms with van der Waals surface area (Å²) in [6, 6.07) is -0.107. The van der Waals surface area contributed by atoms with Crippen LogP contribution in [0.4, 0.5) is 0 Å². The zero-order valence-corrected chi connectivity index (χ0v) is 11.3. The number of hydrogen-bond donors (Lipinski definition) is 2. The van der Waals surface area contributed by atoms with Gasteiger partial charge >= 0.3 is 0 Å². The first-order chi connectivity index (χ1) is 7.84. The van der Waals surface area contributed by atoms with Crippen LogP contribution in [0.25, 0.3) is 0 Å². The summed E-state index contributed by atoms with van der Waals surface area (Å²) < 4.78 is 0. The predicted octanol–water partition coefficient (Wildman–Crippen LogP) is 0.981. The molecule has 1 saturated heterocycles. The maximum atomic E-state index is 12.1. The van der Waals surface area contributed by atoms with Crippen molar-refractivity contribution < 1.29 is 9.90 Å². The number of aliphatic hydroxyl groups is 1. The van der Waals surface area contributed by atoms with Gasteiger partial charge in [-0.25, -0.2) is 0 Å². The molecule has 4 nitrogen and oxygen atoms in total. The van der Waals surface area contributed by atoms with Crippen molar-refractivity contribution in [3.05, 3.63) is 0 Å². The van der Waals surface area contributed by atoms with Gasteiger partial charge in [0.25, 0.3) is 0 Å². The molecule has 2 atom stereocenters. The van der Waals surface area contributed by atoms with Crippen molar-refractivity contribution in [1.82, 2.24) is 4.90 Å². The molecule has 4 heteroatoms. The van der Waals surface area contributed by atoms with E-state index in [2.05, 4.69) is 20.8 Å². The van der Waals surface area contributed by atoms with Gasteiger partial charge in [0.1, 0.15) is 0 Å². The van der Waals surface area contributed by atoms with Crippen molar-refractivity contribution in [2.75, 3.05) is 19.7 Å². The minimum absolute atomic E-state index is 0.0399. The molecule has 0 aromatic heterocycles. The molecule has 3 N–H and O–H groups in total. The second-order valence-electron chi connectivity index (χ2n) is 6.21. The van der Waals surface area contributed by atoms with Gasteiger partial charge < -0.3 is 15.7 Å². The van der Waals surface area contributed by atoms with E-state index in [1.165, 1.54) is 0 Å². The van der Waals surface area contributed by atoms with Gasteiger partial charge in [0.15, 0.2) is 0 Å². The first-order valence-electron chi connectivity index (χ1n) is 6.48. The molecule has 0 saturated carbocycles. The lowest BCUT2D eigenvalue weighted by Gasteiger charge is -2.34. The van der Waals surface area contributed by atoms with Crippen molar-refractivity contribution in [3.8, 4) is 0 Å². The third-order valence-electron chi connectivity index (χ3n) is 3.64. The molecule has 0 bridgehead atoms. The van der Waals surface area contributed by atoms with Crippen LogP contribution in [0.2, 0.25) is 0 Å². The average Bonchev–Trinajstić information content (AvgIpc) is 2.27. The number of aliphatic hydroxyl groups excluding tert-OH is 1. The molecule has 1 aliphatic rings. The van der Waals surface area contributed by atoms with Crippen LogP contribution in [0.3, 0.4) is 0 Å². The van der Waals surface area contributed by atoms with Gasteiger partial charge in [0.05, 0.1) is 0 Å². The monoisotopic (exact) mass is 242 g/mol. The summed E-state index contributed by atoms with van der Waals surface area (Å²) in [5, 5.41) is 9.14. The summed E-state index contributed by atoms with van der Waals surface area (Å²) in [6.45, 7) is 7.83. The number of likely N-dealkylation sites (tertiary alicyclic amines) is 1. The summed E-state index contributed by atoms with van der Waals surface area (Å²) in [4.78, 5) is 13.9. The molecular weight excluding hydrogens is 216 g/mol. The third kappa shape index (κ3) is 4.28. The Balaban J connectivity index is 2.47. The molecule has 17 heavy (non-hydrogen) atoms. The van der Waals surface area contributed by atoms with E-state index in [0.717, 1.165) is 19.4 Å². The quantitative estimate of drug-likeness (QED) is 0.775. The fourth-order valence-electron chi connectivity index (χ4n) is 2.06. The van der Waals surface area contributed by atoms with E-state index in [1.54, 1.807) is 0 Å². The van der Waals surface area contributed by atoms with E-state index in [9.17, 15) is 4.79 Å². The number of amides is 1. The van der Waals surface area contributed by atoms with Crippen molar-refractivity contribution in [3.63, 3.8) is 0 Å². The zero-order chi connectivity index (χ0) is 13.1. The Kier molecular flexibility index (Phi) is 4.95. The minimum atomic E-state index is -0.107. The Bertz CT molecular complexity index is 261.